The summed E-state index contributed by atoms with van der Waals surface area (Å²) in [6.45, 7) is 4.29. The first-order valence-corrected chi connectivity index (χ1v) is 4.55. The fourth-order valence-electron chi connectivity index (χ4n) is 1.81. The van der Waals surface area contributed by atoms with Crippen LogP contribution in [0, 0.1) is 13.8 Å². The lowest BCUT2D eigenvalue weighted by Crippen LogP contribution is -1.96. The van der Waals surface area contributed by atoms with Gasteiger partial charge < -0.3 is 0 Å². The van der Waals surface area contributed by atoms with E-state index >= 15 is 0 Å². The van der Waals surface area contributed by atoms with Gasteiger partial charge in [0.05, 0.1) is 6.04 Å². The summed E-state index contributed by atoms with van der Waals surface area (Å²) in [5, 5.41) is 0. The molecule has 0 aliphatic carbocycles. The maximum Gasteiger partial charge on any atom is 0.0938 e. The molecule has 0 bridgehead atoms. The molecule has 1 atom stereocenters. The van der Waals surface area contributed by atoms with Crippen LogP contribution in [0.25, 0.3) is 0 Å². The first-order chi connectivity index (χ1) is 6.29. The van der Waals surface area contributed by atoms with Gasteiger partial charge in [-0.1, -0.05) is 24.3 Å². The standard InChI is InChI=1S/C12H13N/c1-9-5-3-6-10(2)12(9)11-7-4-8-13-11/h3-8,11H,1-2H3. The van der Waals surface area contributed by atoms with Crippen molar-refractivity contribution in [1.82, 2.24) is 0 Å². The predicted octanol–water partition coefficient (Wildman–Crippen LogP) is 2.99. The molecular weight excluding hydrogens is 158 g/mol. The summed E-state index contributed by atoms with van der Waals surface area (Å²) >= 11 is 0. The Hall–Kier alpha value is -1.37. The zero-order chi connectivity index (χ0) is 9.26. The smallest absolute Gasteiger partial charge is 0.0938 e. The van der Waals surface area contributed by atoms with Crippen molar-refractivity contribution in [3.8, 4) is 0 Å². The topological polar surface area (TPSA) is 12.4 Å². The highest BCUT2D eigenvalue weighted by Crippen LogP contribution is 2.27. The highest BCUT2D eigenvalue weighted by atomic mass is 14.8. The van der Waals surface area contributed by atoms with Crippen molar-refractivity contribution in [3.63, 3.8) is 0 Å². The number of hydrogen-bond acceptors (Lipinski definition) is 1. The Balaban J connectivity index is 2.49. The number of aryl methyl sites for hydroxylation is 2. The molecular formula is C12H13N. The molecule has 1 aromatic rings. The van der Waals surface area contributed by atoms with Gasteiger partial charge in [-0.25, -0.2) is 0 Å². The van der Waals surface area contributed by atoms with Crippen LogP contribution < -0.4 is 0 Å². The lowest BCUT2D eigenvalue weighted by atomic mass is 9.97. The minimum atomic E-state index is 0.251. The van der Waals surface area contributed by atoms with Gasteiger partial charge in [-0.2, -0.15) is 0 Å². The molecule has 1 nitrogen and oxygen atoms in total. The predicted molar refractivity (Wildman–Crippen MR) is 56.3 cm³/mol. The van der Waals surface area contributed by atoms with Crippen molar-refractivity contribution in [3.05, 3.63) is 47.0 Å². The second kappa shape index (κ2) is 3.17. The van der Waals surface area contributed by atoms with Gasteiger partial charge >= 0.3 is 0 Å². The zero-order valence-electron chi connectivity index (χ0n) is 7.99. The molecule has 1 aliphatic heterocycles. The molecule has 1 heteroatoms. The van der Waals surface area contributed by atoms with Crippen molar-refractivity contribution >= 4 is 6.21 Å². The molecule has 0 aromatic heterocycles. The fraction of sp³-hybridized carbons (Fsp3) is 0.250. The lowest BCUT2D eigenvalue weighted by molar-refractivity contribution is 0.909. The van der Waals surface area contributed by atoms with E-state index in [2.05, 4.69) is 43.1 Å². The summed E-state index contributed by atoms with van der Waals surface area (Å²) in [5.74, 6) is 0. The molecule has 0 fully saturated rings. The summed E-state index contributed by atoms with van der Waals surface area (Å²) < 4.78 is 0. The number of hydrogen-bond donors (Lipinski definition) is 0. The molecule has 1 unspecified atom stereocenters. The van der Waals surface area contributed by atoms with E-state index in [1.807, 2.05) is 12.3 Å². The summed E-state index contributed by atoms with van der Waals surface area (Å²) in [6, 6.07) is 6.63. The van der Waals surface area contributed by atoms with Crippen LogP contribution in [0.15, 0.2) is 35.3 Å². The van der Waals surface area contributed by atoms with Crippen LogP contribution in [0.5, 0.6) is 0 Å². The quantitative estimate of drug-likeness (QED) is 0.616. The van der Waals surface area contributed by atoms with Crippen molar-refractivity contribution in [2.75, 3.05) is 0 Å². The van der Waals surface area contributed by atoms with Gasteiger partial charge in [0.2, 0.25) is 0 Å². The normalized spacial score (nSPS) is 19.7. The summed E-state index contributed by atoms with van der Waals surface area (Å²) in [5.41, 5.74) is 4.01. The van der Waals surface area contributed by atoms with Gasteiger partial charge in [0.1, 0.15) is 0 Å². The maximum atomic E-state index is 4.39. The van der Waals surface area contributed by atoms with Gasteiger partial charge in [0.25, 0.3) is 0 Å². The number of rotatable bonds is 1. The lowest BCUT2D eigenvalue weighted by Gasteiger charge is -2.12. The molecule has 1 aromatic carbocycles. The Morgan fingerprint density at radius 2 is 1.85 bits per heavy atom. The Morgan fingerprint density at radius 1 is 1.15 bits per heavy atom. The van der Waals surface area contributed by atoms with Crippen molar-refractivity contribution in [2.45, 2.75) is 19.9 Å². The van der Waals surface area contributed by atoms with Gasteiger partial charge in [0.15, 0.2) is 0 Å². The van der Waals surface area contributed by atoms with Crippen LogP contribution in [-0.2, 0) is 0 Å². The molecule has 1 aliphatic rings. The molecule has 0 saturated heterocycles. The molecule has 1 heterocycles. The Labute approximate surface area is 78.8 Å². The number of aliphatic imine (C=N–C) groups is 1. The number of nitrogens with zero attached hydrogens (tertiary/aromatic N) is 1. The first kappa shape index (κ1) is 8.24. The van der Waals surface area contributed by atoms with E-state index in [9.17, 15) is 0 Å². The maximum absolute atomic E-state index is 4.39. The highest BCUT2D eigenvalue weighted by Gasteiger charge is 2.12. The highest BCUT2D eigenvalue weighted by molar-refractivity contribution is 5.74. The van der Waals surface area contributed by atoms with Gasteiger partial charge in [-0.05, 0) is 36.6 Å². The third kappa shape index (κ3) is 1.42. The van der Waals surface area contributed by atoms with E-state index in [4.69, 9.17) is 0 Å². The Kier molecular flexibility index (Phi) is 2.01. The van der Waals surface area contributed by atoms with Crippen molar-refractivity contribution < 1.29 is 0 Å². The minimum Gasteiger partial charge on any atom is -0.281 e. The van der Waals surface area contributed by atoms with Crippen LogP contribution in [-0.4, -0.2) is 6.21 Å². The molecule has 0 amide bonds. The fourth-order valence-corrected chi connectivity index (χ4v) is 1.81. The summed E-state index contributed by atoms with van der Waals surface area (Å²) in [4.78, 5) is 4.39. The minimum absolute atomic E-state index is 0.251. The average molecular weight is 171 g/mol. The van der Waals surface area contributed by atoms with Crippen molar-refractivity contribution in [1.29, 1.82) is 0 Å². The van der Waals surface area contributed by atoms with E-state index in [1.54, 1.807) is 0 Å². The largest absolute Gasteiger partial charge is 0.281 e. The average Bonchev–Trinajstić information content (AvgIpc) is 2.57. The second-order valence-electron chi connectivity index (χ2n) is 3.43. The van der Waals surface area contributed by atoms with Gasteiger partial charge in [0, 0.05) is 6.21 Å². The SMILES string of the molecule is Cc1cccc(C)c1C1C=CC=N1. The van der Waals surface area contributed by atoms with E-state index < -0.39 is 0 Å². The van der Waals surface area contributed by atoms with Crippen LogP contribution in [0.2, 0.25) is 0 Å². The summed E-state index contributed by atoms with van der Waals surface area (Å²) in [6.07, 6.45) is 6.02. The van der Waals surface area contributed by atoms with Crippen LogP contribution in [0.1, 0.15) is 22.7 Å². The molecule has 0 saturated carbocycles. The van der Waals surface area contributed by atoms with E-state index in [-0.39, 0.29) is 6.04 Å². The monoisotopic (exact) mass is 171 g/mol. The Morgan fingerprint density at radius 3 is 2.38 bits per heavy atom. The zero-order valence-corrected chi connectivity index (χ0v) is 7.99. The van der Waals surface area contributed by atoms with Gasteiger partial charge in [-0.15, -0.1) is 0 Å². The summed E-state index contributed by atoms with van der Waals surface area (Å²) in [7, 11) is 0. The molecule has 13 heavy (non-hydrogen) atoms. The molecule has 2 rings (SSSR count). The molecule has 66 valence electrons. The molecule has 0 N–H and O–H groups in total. The first-order valence-electron chi connectivity index (χ1n) is 4.55. The third-order valence-corrected chi connectivity index (χ3v) is 2.46. The molecule has 0 spiro atoms. The van der Waals surface area contributed by atoms with Crippen LogP contribution in [0.3, 0.4) is 0 Å². The van der Waals surface area contributed by atoms with E-state index in [1.165, 1.54) is 16.7 Å². The number of benzene rings is 1. The Bertz CT molecular complexity index is 342. The van der Waals surface area contributed by atoms with Crippen LogP contribution in [0.4, 0.5) is 0 Å². The van der Waals surface area contributed by atoms with Gasteiger partial charge in [-0.3, -0.25) is 4.99 Å². The number of allylic oxidation sites excluding steroid dienone is 1. The second-order valence-corrected chi connectivity index (χ2v) is 3.43. The van der Waals surface area contributed by atoms with Crippen LogP contribution >= 0.6 is 0 Å². The van der Waals surface area contributed by atoms with Crippen molar-refractivity contribution in [2.24, 2.45) is 4.99 Å². The third-order valence-electron chi connectivity index (χ3n) is 2.46. The van der Waals surface area contributed by atoms with E-state index in [0.717, 1.165) is 0 Å². The van der Waals surface area contributed by atoms with E-state index in [0.29, 0.717) is 0 Å². The molecule has 0 radical (unpaired) electrons.